The first-order valence-electron chi connectivity index (χ1n) is 10.8. The highest BCUT2D eigenvalue weighted by molar-refractivity contribution is 9.09. The molecule has 0 heterocycles. The number of alkyl halides is 1. The summed E-state index contributed by atoms with van der Waals surface area (Å²) in [6.07, 6.45) is 12.4. The summed E-state index contributed by atoms with van der Waals surface area (Å²) < 4.78 is 0. The van der Waals surface area contributed by atoms with Crippen LogP contribution < -0.4 is 0 Å². The maximum absolute atomic E-state index is 12.2. The quantitative estimate of drug-likeness (QED) is 0.461. The lowest BCUT2D eigenvalue weighted by Crippen LogP contribution is -2.43. The molecule has 0 aromatic carbocycles. The monoisotopic (exact) mass is 398 g/mol. The van der Waals surface area contributed by atoms with Crippen LogP contribution in [0, 0.1) is 41.4 Å². The Morgan fingerprint density at radius 1 is 0.875 bits per heavy atom. The summed E-state index contributed by atoms with van der Waals surface area (Å²) in [5, 5.41) is 0.575. The van der Waals surface area contributed by atoms with Crippen molar-refractivity contribution in [2.45, 2.75) is 85.5 Å². The van der Waals surface area contributed by atoms with E-state index in [-0.39, 0.29) is 0 Å². The molecule has 7 atom stereocenters. The zero-order valence-corrected chi connectivity index (χ0v) is 18.0. The first kappa shape index (κ1) is 20.5. The van der Waals surface area contributed by atoms with E-state index in [1.807, 2.05) is 13.8 Å². The molecule has 0 amide bonds. The van der Waals surface area contributed by atoms with Crippen molar-refractivity contribution in [3.8, 4) is 0 Å². The van der Waals surface area contributed by atoms with Gasteiger partial charge in [-0.3, -0.25) is 4.79 Å². The summed E-state index contributed by atoms with van der Waals surface area (Å²) in [6, 6.07) is 0. The predicted molar refractivity (Wildman–Crippen MR) is 107 cm³/mol. The summed E-state index contributed by atoms with van der Waals surface area (Å²) in [5.41, 5.74) is 0. The molecule has 3 rings (SSSR count). The molecule has 0 aromatic rings. The van der Waals surface area contributed by atoms with Crippen LogP contribution in [0.3, 0.4) is 0 Å². The molecule has 3 aliphatic carbocycles. The molecule has 0 radical (unpaired) electrons. The van der Waals surface area contributed by atoms with Gasteiger partial charge >= 0.3 is 0 Å². The van der Waals surface area contributed by atoms with Crippen LogP contribution >= 0.6 is 15.9 Å². The fraction of sp³-hybridized carbons (Fsp3) is 0.955. The van der Waals surface area contributed by atoms with Gasteiger partial charge in [0.25, 0.3) is 0 Å². The molecule has 0 bridgehead atoms. The van der Waals surface area contributed by atoms with Gasteiger partial charge in [0, 0.05) is 5.92 Å². The Hall–Kier alpha value is 0.150. The van der Waals surface area contributed by atoms with E-state index in [0.29, 0.717) is 17.0 Å². The molecule has 2 heteroatoms. The molecule has 140 valence electrons. The van der Waals surface area contributed by atoms with Crippen LogP contribution in [0.15, 0.2) is 0 Å². The molecule has 0 saturated heterocycles. The second kappa shape index (κ2) is 9.74. The summed E-state index contributed by atoms with van der Waals surface area (Å²) >= 11 is 3.41. The standard InChI is InChI=1S/C20H33BrO.C2H6/c1-3-5-14-13(4-2)6-7-16-15(14)8-9-18-17(16)10-11-19(18)20(22)12-21;1-2/h13-19H,3-12H2,1-2H3;1-2H3. The van der Waals surface area contributed by atoms with Crippen molar-refractivity contribution in [3.63, 3.8) is 0 Å². The maximum atomic E-state index is 12.2. The maximum Gasteiger partial charge on any atom is 0.146 e. The number of rotatable bonds is 5. The molecular formula is C22H39BrO. The molecule has 0 aliphatic heterocycles. The van der Waals surface area contributed by atoms with Crippen molar-refractivity contribution in [1.29, 1.82) is 0 Å². The van der Waals surface area contributed by atoms with Crippen molar-refractivity contribution in [2.75, 3.05) is 5.33 Å². The highest BCUT2D eigenvalue weighted by Crippen LogP contribution is 2.58. The van der Waals surface area contributed by atoms with Gasteiger partial charge in [0.2, 0.25) is 0 Å². The second-order valence-corrected chi connectivity index (χ2v) is 8.78. The molecule has 24 heavy (non-hydrogen) atoms. The first-order chi connectivity index (χ1) is 11.7. The third kappa shape index (κ3) is 3.94. The van der Waals surface area contributed by atoms with Gasteiger partial charge in [0.15, 0.2) is 0 Å². The van der Waals surface area contributed by atoms with E-state index in [2.05, 4.69) is 29.8 Å². The molecular weight excluding hydrogens is 360 g/mol. The van der Waals surface area contributed by atoms with Gasteiger partial charge in [-0.2, -0.15) is 0 Å². The number of fused-ring (bicyclic) bond motifs is 3. The van der Waals surface area contributed by atoms with Crippen LogP contribution in [0.25, 0.3) is 0 Å². The van der Waals surface area contributed by atoms with Crippen molar-refractivity contribution in [1.82, 2.24) is 0 Å². The number of carbonyl (C=O) groups excluding carboxylic acids is 1. The molecule has 3 aliphatic rings. The van der Waals surface area contributed by atoms with Gasteiger partial charge in [-0.15, -0.1) is 0 Å². The van der Waals surface area contributed by atoms with E-state index in [4.69, 9.17) is 0 Å². The van der Waals surface area contributed by atoms with Crippen molar-refractivity contribution in [2.24, 2.45) is 41.4 Å². The summed E-state index contributed by atoms with van der Waals surface area (Å²) in [5.74, 6) is 6.39. The number of hydrogen-bond donors (Lipinski definition) is 0. The minimum absolute atomic E-state index is 0.388. The van der Waals surface area contributed by atoms with E-state index < -0.39 is 0 Å². The van der Waals surface area contributed by atoms with E-state index in [9.17, 15) is 4.79 Å². The van der Waals surface area contributed by atoms with Gasteiger partial charge in [-0.25, -0.2) is 0 Å². The lowest BCUT2D eigenvalue weighted by atomic mass is 9.54. The highest BCUT2D eigenvalue weighted by Gasteiger charge is 2.51. The van der Waals surface area contributed by atoms with Crippen LogP contribution in [0.5, 0.6) is 0 Å². The fourth-order valence-electron chi connectivity index (χ4n) is 6.68. The van der Waals surface area contributed by atoms with Crippen LogP contribution in [-0.2, 0) is 4.79 Å². The zero-order valence-electron chi connectivity index (χ0n) is 16.4. The van der Waals surface area contributed by atoms with Gasteiger partial charge in [0.1, 0.15) is 5.78 Å². The van der Waals surface area contributed by atoms with E-state index in [0.717, 1.165) is 35.5 Å². The number of halogens is 1. The average molecular weight is 399 g/mol. The van der Waals surface area contributed by atoms with Crippen molar-refractivity contribution >= 4 is 21.7 Å². The Labute approximate surface area is 158 Å². The second-order valence-electron chi connectivity index (χ2n) is 8.21. The Morgan fingerprint density at radius 3 is 2.08 bits per heavy atom. The minimum atomic E-state index is 0.388. The highest BCUT2D eigenvalue weighted by atomic mass is 79.9. The third-order valence-corrected chi connectivity index (χ3v) is 8.08. The third-order valence-electron chi connectivity index (χ3n) is 7.53. The molecule has 0 spiro atoms. The molecule has 0 N–H and O–H groups in total. The largest absolute Gasteiger partial charge is 0.298 e. The topological polar surface area (TPSA) is 17.1 Å². The number of hydrogen-bond acceptors (Lipinski definition) is 1. The molecule has 3 fully saturated rings. The Bertz CT molecular complexity index is 393. The van der Waals surface area contributed by atoms with Gasteiger partial charge in [-0.05, 0) is 74.0 Å². The van der Waals surface area contributed by atoms with Gasteiger partial charge < -0.3 is 0 Å². The minimum Gasteiger partial charge on any atom is -0.298 e. The summed E-state index contributed by atoms with van der Waals surface area (Å²) in [7, 11) is 0. The molecule has 0 aromatic heterocycles. The number of Topliss-reactive ketones (excluding diaryl/α,β-unsaturated/α-hetero) is 1. The summed E-state index contributed by atoms with van der Waals surface area (Å²) in [4.78, 5) is 12.2. The van der Waals surface area contributed by atoms with Crippen LogP contribution in [0.4, 0.5) is 0 Å². The Kier molecular flexibility index (Phi) is 8.30. The Balaban J connectivity index is 0.00000100. The summed E-state index contributed by atoms with van der Waals surface area (Å²) in [6.45, 7) is 8.77. The zero-order chi connectivity index (χ0) is 17.7. The van der Waals surface area contributed by atoms with Gasteiger partial charge in [0.05, 0.1) is 5.33 Å². The fourth-order valence-corrected chi connectivity index (χ4v) is 7.10. The van der Waals surface area contributed by atoms with Crippen molar-refractivity contribution < 1.29 is 4.79 Å². The SMILES string of the molecule is CC.CCCC1C(CC)CCC2C1CCC1C(C(=O)CBr)CCC12. The lowest BCUT2D eigenvalue weighted by molar-refractivity contribution is -0.122. The molecule has 1 nitrogen and oxygen atoms in total. The van der Waals surface area contributed by atoms with E-state index in [1.165, 1.54) is 57.8 Å². The van der Waals surface area contributed by atoms with Crippen LogP contribution in [-0.4, -0.2) is 11.1 Å². The predicted octanol–water partition coefficient (Wildman–Crippen LogP) is 6.88. The lowest BCUT2D eigenvalue weighted by Gasteiger charge is -2.51. The van der Waals surface area contributed by atoms with Crippen molar-refractivity contribution in [3.05, 3.63) is 0 Å². The van der Waals surface area contributed by atoms with Crippen LogP contribution in [0.1, 0.15) is 85.5 Å². The molecule has 3 saturated carbocycles. The normalized spacial score (nSPS) is 41.0. The average Bonchev–Trinajstić information content (AvgIpc) is 3.07. The molecule has 7 unspecified atom stereocenters. The van der Waals surface area contributed by atoms with Crippen LogP contribution in [0.2, 0.25) is 0 Å². The smallest absolute Gasteiger partial charge is 0.146 e. The first-order valence-corrected chi connectivity index (χ1v) is 11.9. The van der Waals surface area contributed by atoms with E-state index >= 15 is 0 Å². The number of carbonyl (C=O) groups is 1. The van der Waals surface area contributed by atoms with Gasteiger partial charge in [-0.1, -0.05) is 62.9 Å². The number of ketones is 1. The Morgan fingerprint density at radius 2 is 1.46 bits per heavy atom. The van der Waals surface area contributed by atoms with E-state index in [1.54, 1.807) is 0 Å².